The minimum Gasteiger partial charge on any atom is -0.343 e. The molecule has 2 rings (SSSR count). The van der Waals surface area contributed by atoms with E-state index < -0.39 is 5.41 Å². The van der Waals surface area contributed by atoms with Gasteiger partial charge in [0.1, 0.15) is 5.78 Å². The summed E-state index contributed by atoms with van der Waals surface area (Å²) in [5.41, 5.74) is -0.532. The van der Waals surface area contributed by atoms with E-state index in [-0.39, 0.29) is 11.7 Å². The van der Waals surface area contributed by atoms with Gasteiger partial charge >= 0.3 is 0 Å². The molecule has 2 fully saturated rings. The van der Waals surface area contributed by atoms with Crippen LogP contribution in [0.4, 0.5) is 0 Å². The van der Waals surface area contributed by atoms with E-state index >= 15 is 0 Å². The van der Waals surface area contributed by atoms with Gasteiger partial charge in [0.2, 0.25) is 5.91 Å². The fourth-order valence-electron chi connectivity index (χ4n) is 3.39. The third-order valence-corrected chi connectivity index (χ3v) is 5.58. The van der Waals surface area contributed by atoms with Gasteiger partial charge in [-0.1, -0.05) is 27.7 Å². The maximum atomic E-state index is 12.4. The van der Waals surface area contributed by atoms with E-state index in [0.29, 0.717) is 6.42 Å². The van der Waals surface area contributed by atoms with Crippen molar-refractivity contribution < 1.29 is 9.59 Å². The van der Waals surface area contributed by atoms with Crippen molar-refractivity contribution in [3.8, 4) is 0 Å². The van der Waals surface area contributed by atoms with Crippen LogP contribution >= 0.6 is 0 Å². The Hall–Kier alpha value is -0.940. The van der Waals surface area contributed by atoms with Crippen LogP contribution in [0.5, 0.6) is 0 Å². The quantitative estimate of drug-likeness (QED) is 0.797. The van der Waals surface area contributed by atoms with E-state index in [1.165, 1.54) is 13.0 Å². The zero-order valence-corrected chi connectivity index (χ0v) is 17.1. The molecule has 0 aliphatic carbocycles. The number of piperazine rings is 1. The van der Waals surface area contributed by atoms with Gasteiger partial charge in [0.25, 0.3) is 0 Å². The van der Waals surface area contributed by atoms with Crippen molar-refractivity contribution in [2.24, 2.45) is 11.3 Å². The molecule has 2 aliphatic heterocycles. The van der Waals surface area contributed by atoms with E-state index in [1.54, 1.807) is 6.92 Å². The Morgan fingerprint density at radius 2 is 1.60 bits per heavy atom. The highest BCUT2D eigenvalue weighted by atomic mass is 16.2. The van der Waals surface area contributed by atoms with Crippen LogP contribution < -0.4 is 5.32 Å². The number of ketones is 1. The predicted octanol–water partition coefficient (Wildman–Crippen LogP) is 2.55. The predicted molar refractivity (Wildman–Crippen MR) is 104 cm³/mol. The topological polar surface area (TPSA) is 52.7 Å². The number of hydrogen-bond acceptors (Lipinski definition) is 4. The standard InChI is InChI=1S/C18H33N3O2.C2H6/c1-15(22)18(2,3)14-17(23)21-10-5-16(6-11-21)4-9-20-12-7-19-8-13-20;1-2/h16,19H,4-14H2,1-3H3;1-2H3. The third kappa shape index (κ3) is 7.45. The molecule has 0 aromatic heterocycles. The zero-order chi connectivity index (χ0) is 18.9. The summed E-state index contributed by atoms with van der Waals surface area (Å²) in [5.74, 6) is 0.984. The minimum atomic E-state index is -0.532. The second-order valence-corrected chi connectivity index (χ2v) is 7.82. The van der Waals surface area contributed by atoms with Crippen LogP contribution in [-0.4, -0.2) is 67.3 Å². The Morgan fingerprint density at radius 1 is 1.04 bits per heavy atom. The highest BCUT2D eigenvalue weighted by Crippen LogP contribution is 2.26. The molecule has 1 N–H and O–H groups in total. The molecular weight excluding hydrogens is 314 g/mol. The SMILES string of the molecule is CC.CC(=O)C(C)(C)CC(=O)N1CCC(CCN2CCNCC2)CC1. The summed E-state index contributed by atoms with van der Waals surface area (Å²) in [6, 6.07) is 0. The first-order valence-corrected chi connectivity index (χ1v) is 10.1. The number of piperidine rings is 1. The first kappa shape index (κ1) is 22.1. The lowest BCUT2D eigenvalue weighted by Gasteiger charge is -2.35. The lowest BCUT2D eigenvalue weighted by molar-refractivity contribution is -0.139. The molecule has 1 amide bonds. The zero-order valence-electron chi connectivity index (χ0n) is 17.1. The lowest BCUT2D eigenvalue weighted by Crippen LogP contribution is -2.45. The van der Waals surface area contributed by atoms with Crippen molar-refractivity contribution in [2.45, 2.75) is 60.3 Å². The molecule has 0 atom stereocenters. The summed E-state index contributed by atoms with van der Waals surface area (Å²) in [6.07, 6.45) is 3.81. The van der Waals surface area contributed by atoms with E-state index in [2.05, 4.69) is 10.2 Å². The molecule has 0 spiro atoms. The summed E-state index contributed by atoms with van der Waals surface area (Å²) in [7, 11) is 0. The smallest absolute Gasteiger partial charge is 0.223 e. The highest BCUT2D eigenvalue weighted by Gasteiger charge is 2.31. The largest absolute Gasteiger partial charge is 0.343 e. The van der Waals surface area contributed by atoms with Crippen LogP contribution in [0.1, 0.15) is 60.3 Å². The molecule has 2 aliphatic rings. The Labute approximate surface area is 154 Å². The molecular formula is C20H39N3O2. The summed E-state index contributed by atoms with van der Waals surface area (Å²) < 4.78 is 0. The van der Waals surface area contributed by atoms with Crippen molar-refractivity contribution in [3.05, 3.63) is 0 Å². The van der Waals surface area contributed by atoms with Gasteiger partial charge in [-0.3, -0.25) is 9.59 Å². The number of likely N-dealkylation sites (tertiary alicyclic amines) is 1. The van der Waals surface area contributed by atoms with Crippen LogP contribution in [0.3, 0.4) is 0 Å². The summed E-state index contributed by atoms with van der Waals surface area (Å²) in [4.78, 5) is 28.5. The fourth-order valence-corrected chi connectivity index (χ4v) is 3.39. The molecule has 25 heavy (non-hydrogen) atoms. The molecule has 5 heteroatoms. The van der Waals surface area contributed by atoms with Gasteiger partial charge in [-0.05, 0) is 38.6 Å². The number of rotatable bonds is 6. The first-order valence-electron chi connectivity index (χ1n) is 10.1. The normalized spacial score (nSPS) is 20.0. The monoisotopic (exact) mass is 353 g/mol. The van der Waals surface area contributed by atoms with E-state index in [0.717, 1.165) is 58.0 Å². The number of amides is 1. The van der Waals surface area contributed by atoms with Gasteiger partial charge in [-0.25, -0.2) is 0 Å². The van der Waals surface area contributed by atoms with Crippen LogP contribution in [-0.2, 0) is 9.59 Å². The second-order valence-electron chi connectivity index (χ2n) is 7.82. The van der Waals surface area contributed by atoms with Crippen LogP contribution in [0, 0.1) is 11.3 Å². The van der Waals surface area contributed by atoms with E-state index in [1.807, 2.05) is 32.6 Å². The molecule has 0 aromatic carbocycles. The fraction of sp³-hybridized carbons (Fsp3) is 0.900. The molecule has 0 radical (unpaired) electrons. The number of nitrogens with one attached hydrogen (secondary N) is 1. The average molecular weight is 354 g/mol. The van der Waals surface area contributed by atoms with Gasteiger partial charge in [0, 0.05) is 51.1 Å². The Balaban J connectivity index is 0.00000151. The van der Waals surface area contributed by atoms with Crippen molar-refractivity contribution >= 4 is 11.7 Å². The number of nitrogens with zero attached hydrogens (tertiary/aromatic N) is 2. The summed E-state index contributed by atoms with van der Waals surface area (Å²) in [5, 5.41) is 3.39. The Morgan fingerprint density at radius 3 is 2.12 bits per heavy atom. The van der Waals surface area contributed by atoms with Crippen molar-refractivity contribution in [1.82, 2.24) is 15.1 Å². The second kappa shape index (κ2) is 10.9. The molecule has 2 saturated heterocycles. The Kier molecular flexibility index (Phi) is 9.65. The molecule has 0 unspecified atom stereocenters. The van der Waals surface area contributed by atoms with Crippen molar-refractivity contribution in [2.75, 3.05) is 45.8 Å². The summed E-state index contributed by atoms with van der Waals surface area (Å²) in [6.45, 7) is 16.8. The summed E-state index contributed by atoms with van der Waals surface area (Å²) >= 11 is 0. The molecule has 146 valence electrons. The number of carbonyl (C=O) groups excluding carboxylic acids is 2. The minimum absolute atomic E-state index is 0.0942. The molecule has 2 heterocycles. The first-order chi connectivity index (χ1) is 11.9. The average Bonchev–Trinajstić information content (AvgIpc) is 2.62. The molecule has 0 saturated carbocycles. The number of carbonyl (C=O) groups is 2. The molecule has 5 nitrogen and oxygen atoms in total. The van der Waals surface area contributed by atoms with Gasteiger partial charge < -0.3 is 15.1 Å². The van der Waals surface area contributed by atoms with Crippen molar-refractivity contribution in [3.63, 3.8) is 0 Å². The maximum Gasteiger partial charge on any atom is 0.223 e. The maximum absolute atomic E-state index is 12.4. The van der Waals surface area contributed by atoms with Crippen LogP contribution in [0.15, 0.2) is 0 Å². The number of hydrogen-bond donors (Lipinski definition) is 1. The highest BCUT2D eigenvalue weighted by molar-refractivity contribution is 5.88. The molecule has 0 bridgehead atoms. The van der Waals surface area contributed by atoms with Crippen molar-refractivity contribution in [1.29, 1.82) is 0 Å². The van der Waals surface area contributed by atoms with Crippen LogP contribution in [0.2, 0.25) is 0 Å². The van der Waals surface area contributed by atoms with Gasteiger partial charge in [-0.2, -0.15) is 0 Å². The van der Waals surface area contributed by atoms with Gasteiger partial charge in [0.05, 0.1) is 0 Å². The van der Waals surface area contributed by atoms with E-state index in [4.69, 9.17) is 0 Å². The Bertz CT molecular complexity index is 409. The van der Waals surface area contributed by atoms with Gasteiger partial charge in [-0.15, -0.1) is 0 Å². The van der Waals surface area contributed by atoms with Gasteiger partial charge in [0.15, 0.2) is 0 Å². The number of Topliss-reactive ketones (excluding diaryl/α,β-unsaturated/α-hetero) is 1. The van der Waals surface area contributed by atoms with Crippen LogP contribution in [0.25, 0.3) is 0 Å². The third-order valence-electron chi connectivity index (χ3n) is 5.58. The van der Waals surface area contributed by atoms with E-state index in [9.17, 15) is 9.59 Å². The molecule has 0 aromatic rings. The lowest BCUT2D eigenvalue weighted by atomic mass is 9.84.